The standard InChI is InChI=1S/C34H40N3.C23H20N3.Zn/c1-21(2)27-11-9-12-28(22(3)4)33(27)25-15-17-35-31(19-25)37-32-20-26(16-18-36-32)34-29(23(5)6)13-10-14-30(34)24(7)8;1-15-11-12-24-20(13-15)26-23-22(21-16(2)7-6-8-17(21)3)19-10-5-4-9-18(19)14-25-23;/h9-24H,1-8H3;4-14H,1-3H3;/q2*-1;+2. The summed E-state index contributed by atoms with van der Waals surface area (Å²) in [6.45, 7) is 24.4. The maximum absolute atomic E-state index is 4.89. The topological polar surface area (TPSA) is 78.7 Å². The number of benzene rings is 4. The van der Waals surface area contributed by atoms with E-state index in [1.54, 1.807) is 6.20 Å². The van der Waals surface area contributed by atoms with Crippen LogP contribution in [-0.4, -0.2) is 9.97 Å². The molecule has 0 saturated heterocycles. The Morgan fingerprint density at radius 1 is 0.469 bits per heavy atom. The van der Waals surface area contributed by atoms with Gasteiger partial charge in [-0.15, -0.1) is 0 Å². The van der Waals surface area contributed by atoms with E-state index in [4.69, 9.17) is 9.98 Å². The van der Waals surface area contributed by atoms with E-state index in [2.05, 4.69) is 186 Å². The molecule has 0 amide bonds. The molecule has 4 aromatic carbocycles. The van der Waals surface area contributed by atoms with Crippen molar-refractivity contribution >= 4 is 22.4 Å². The van der Waals surface area contributed by atoms with E-state index in [0.29, 0.717) is 46.3 Å². The van der Waals surface area contributed by atoms with Crippen molar-refractivity contribution in [3.63, 3.8) is 0 Å². The van der Waals surface area contributed by atoms with Crippen LogP contribution in [0.25, 0.3) is 44.2 Å². The van der Waals surface area contributed by atoms with Crippen molar-refractivity contribution in [2.24, 2.45) is 9.98 Å². The molecule has 0 bridgehead atoms. The van der Waals surface area contributed by atoms with Crippen LogP contribution < -0.4 is 20.9 Å². The average molecular weight is 895 g/mol. The molecule has 64 heavy (non-hydrogen) atoms. The molecule has 4 aromatic heterocycles. The first-order valence-electron chi connectivity index (χ1n) is 22.3. The predicted molar refractivity (Wildman–Crippen MR) is 263 cm³/mol. The minimum atomic E-state index is 0. The van der Waals surface area contributed by atoms with Gasteiger partial charge in [0.15, 0.2) is 0 Å². The number of aromatic nitrogens is 4. The molecule has 0 atom stereocenters. The Kier molecular flexibility index (Phi) is 15.6. The number of pyridine rings is 4. The molecule has 8 aromatic rings. The molecule has 0 radical (unpaired) electrons. The van der Waals surface area contributed by atoms with Gasteiger partial charge in [-0.05, 0) is 123 Å². The zero-order valence-electron chi connectivity index (χ0n) is 39.5. The molecule has 0 aliphatic carbocycles. The number of hydrogen-bond donors (Lipinski definition) is 0. The number of aryl methyl sites for hydroxylation is 3. The fraction of sp³-hybridized carbons (Fsp3) is 0.263. The van der Waals surface area contributed by atoms with Gasteiger partial charge in [-0.1, -0.05) is 187 Å². The summed E-state index contributed by atoms with van der Waals surface area (Å²) in [6, 6.07) is 40.4. The largest absolute Gasteiger partial charge is 2.00 e. The van der Waals surface area contributed by atoms with Crippen LogP contribution in [0.1, 0.15) is 118 Å². The van der Waals surface area contributed by atoms with Crippen molar-refractivity contribution in [2.45, 2.75) is 99.8 Å². The van der Waals surface area contributed by atoms with Gasteiger partial charge >= 0.3 is 19.5 Å². The predicted octanol–water partition coefficient (Wildman–Crippen LogP) is 14.1. The number of fused-ring (bicyclic) bond motifs is 1. The Balaban J connectivity index is 0.000000221. The third-order valence-electron chi connectivity index (χ3n) is 11.7. The van der Waals surface area contributed by atoms with Crippen molar-refractivity contribution in [3.05, 3.63) is 190 Å². The summed E-state index contributed by atoms with van der Waals surface area (Å²) in [7, 11) is 0. The van der Waals surface area contributed by atoms with Gasteiger partial charge in [0.1, 0.15) is 0 Å². The van der Waals surface area contributed by atoms with Crippen LogP contribution in [0.2, 0.25) is 0 Å². The number of rotatable bonds is 9. The van der Waals surface area contributed by atoms with Crippen LogP contribution >= 0.6 is 0 Å². The third-order valence-corrected chi connectivity index (χ3v) is 11.7. The first kappa shape index (κ1) is 47.4. The second kappa shape index (κ2) is 21.1. The summed E-state index contributed by atoms with van der Waals surface area (Å²) in [5.41, 5.74) is 17.6. The Labute approximate surface area is 392 Å². The normalized spacial score (nSPS) is 12.0. The monoisotopic (exact) mass is 892 g/mol. The summed E-state index contributed by atoms with van der Waals surface area (Å²) in [4.78, 5) is 27.9. The molecule has 0 N–H and O–H groups in total. The first-order chi connectivity index (χ1) is 30.3. The summed E-state index contributed by atoms with van der Waals surface area (Å²) < 4.78 is 0. The zero-order chi connectivity index (χ0) is 44.8. The van der Waals surface area contributed by atoms with Crippen LogP contribution in [-0.2, 0) is 19.5 Å². The maximum atomic E-state index is 4.89. The average Bonchev–Trinajstić information content (AvgIpc) is 3.26. The van der Waals surface area contributed by atoms with Gasteiger partial charge in [-0.3, -0.25) is 9.97 Å². The third kappa shape index (κ3) is 10.7. The van der Waals surface area contributed by atoms with Crippen LogP contribution in [0.5, 0.6) is 0 Å². The molecule has 4 heterocycles. The van der Waals surface area contributed by atoms with E-state index < -0.39 is 0 Å². The van der Waals surface area contributed by atoms with Crippen molar-refractivity contribution in [2.75, 3.05) is 0 Å². The molecule has 0 aliphatic rings. The second-order valence-electron chi connectivity index (χ2n) is 17.8. The zero-order valence-corrected chi connectivity index (χ0v) is 42.4. The fourth-order valence-corrected chi connectivity index (χ4v) is 8.54. The van der Waals surface area contributed by atoms with Crippen molar-refractivity contribution < 1.29 is 19.5 Å². The Morgan fingerprint density at radius 2 is 0.984 bits per heavy atom. The molecule has 0 spiro atoms. The molecule has 6 nitrogen and oxygen atoms in total. The molecule has 320 valence electrons. The molecule has 8 rings (SSSR count). The summed E-state index contributed by atoms with van der Waals surface area (Å²) in [5, 5.41) is 2.27. The SMILES string of the molecule is CC(C)c1cccc(C(C)C)c1-c1ccnc(N=c2cc(-c3c(C(C)C)cccc3C(C)C)cc[n-]2)c1.Cc1cc[n-]/c(=N\c2ncc3ccccc3c2-c2c(C)cccc2C)c1.[Zn+2]. The van der Waals surface area contributed by atoms with Gasteiger partial charge in [-0.25, -0.2) is 0 Å². The van der Waals surface area contributed by atoms with Gasteiger partial charge in [-0.2, -0.15) is 0 Å². The summed E-state index contributed by atoms with van der Waals surface area (Å²) in [5.74, 6) is 3.10. The minimum Gasteiger partial charge on any atom is -0.443 e. The van der Waals surface area contributed by atoms with Gasteiger partial charge in [0.25, 0.3) is 0 Å². The van der Waals surface area contributed by atoms with E-state index in [1.165, 1.54) is 50.1 Å². The Hall–Kier alpha value is -6.04. The number of nitrogens with zero attached hydrogens (tertiary/aromatic N) is 6. The second-order valence-corrected chi connectivity index (χ2v) is 17.8. The molecule has 0 unspecified atom stereocenters. The van der Waals surface area contributed by atoms with Crippen molar-refractivity contribution in [3.8, 4) is 33.4 Å². The van der Waals surface area contributed by atoms with Crippen LogP contribution in [0.4, 0.5) is 11.6 Å². The first-order valence-corrected chi connectivity index (χ1v) is 22.3. The molecule has 0 saturated carbocycles. The number of hydrogen-bond acceptors (Lipinski definition) is 4. The summed E-state index contributed by atoms with van der Waals surface area (Å²) >= 11 is 0. The van der Waals surface area contributed by atoms with E-state index in [1.807, 2.05) is 43.7 Å². The summed E-state index contributed by atoms with van der Waals surface area (Å²) in [6.07, 6.45) is 7.41. The minimum absolute atomic E-state index is 0. The molecule has 0 aliphatic heterocycles. The van der Waals surface area contributed by atoms with Gasteiger partial charge in [0.05, 0.1) is 11.6 Å². The van der Waals surface area contributed by atoms with Crippen LogP contribution in [0.15, 0.2) is 150 Å². The molecule has 7 heteroatoms. The van der Waals surface area contributed by atoms with Gasteiger partial charge < -0.3 is 20.0 Å². The maximum Gasteiger partial charge on any atom is 2.00 e. The molecular weight excluding hydrogens is 834 g/mol. The molecule has 0 fully saturated rings. The smallest absolute Gasteiger partial charge is 0.443 e. The van der Waals surface area contributed by atoms with Crippen molar-refractivity contribution in [1.82, 2.24) is 19.9 Å². The van der Waals surface area contributed by atoms with E-state index in [-0.39, 0.29) is 19.5 Å². The Morgan fingerprint density at radius 3 is 1.55 bits per heavy atom. The van der Waals surface area contributed by atoms with Crippen LogP contribution in [0, 0.1) is 20.8 Å². The molecular formula is C57H60N6Zn. The Bertz CT molecular complexity index is 2950. The van der Waals surface area contributed by atoms with E-state index >= 15 is 0 Å². The van der Waals surface area contributed by atoms with E-state index in [9.17, 15) is 0 Å². The quantitative estimate of drug-likeness (QED) is 0.135. The van der Waals surface area contributed by atoms with Gasteiger partial charge in [0, 0.05) is 23.3 Å². The van der Waals surface area contributed by atoms with Crippen molar-refractivity contribution in [1.29, 1.82) is 0 Å². The van der Waals surface area contributed by atoms with E-state index in [0.717, 1.165) is 33.0 Å². The van der Waals surface area contributed by atoms with Crippen LogP contribution in [0.3, 0.4) is 0 Å². The van der Waals surface area contributed by atoms with Gasteiger partial charge in [0.2, 0.25) is 0 Å². The fourth-order valence-electron chi connectivity index (χ4n) is 8.54.